The number of ether oxygens (including phenoxy) is 1. The molecule has 5 heteroatoms. The van der Waals surface area contributed by atoms with E-state index in [0.717, 1.165) is 0 Å². The normalized spacial score (nSPS) is 9.95. The molecule has 0 unspecified atom stereocenters. The van der Waals surface area contributed by atoms with Crippen LogP contribution in [0.2, 0.25) is 0 Å². The highest BCUT2D eigenvalue weighted by molar-refractivity contribution is 5.84. The Kier molecular flexibility index (Phi) is 3.97. The number of nitrogens with one attached hydrogen (secondary N) is 1. The van der Waals surface area contributed by atoms with Crippen molar-refractivity contribution in [2.24, 2.45) is 0 Å². The molecule has 2 aromatic rings. The molecule has 0 aliphatic rings. The third-order valence-corrected chi connectivity index (χ3v) is 2.47. The minimum absolute atomic E-state index is 0.118. The van der Waals surface area contributed by atoms with E-state index in [4.69, 9.17) is 10.5 Å². The predicted molar refractivity (Wildman–Crippen MR) is 71.1 cm³/mol. The molecule has 0 aliphatic heterocycles. The summed E-state index contributed by atoms with van der Waals surface area (Å²) in [5, 5.41) is 2.52. The molecule has 4 nitrogen and oxygen atoms in total. The minimum atomic E-state index is -0.645. The van der Waals surface area contributed by atoms with Gasteiger partial charge in [-0.15, -0.1) is 0 Å². The summed E-state index contributed by atoms with van der Waals surface area (Å²) in [5.74, 6) is -0.400. The fourth-order valence-corrected chi connectivity index (χ4v) is 1.48. The van der Waals surface area contributed by atoms with E-state index in [1.165, 1.54) is 6.07 Å². The molecule has 98 valence electrons. The number of rotatable bonds is 3. The minimum Gasteiger partial charge on any atom is -0.444 e. The van der Waals surface area contributed by atoms with Crippen molar-refractivity contribution < 1.29 is 13.9 Å². The highest BCUT2D eigenvalue weighted by Gasteiger charge is 2.06. The van der Waals surface area contributed by atoms with Crippen molar-refractivity contribution >= 4 is 17.5 Å². The van der Waals surface area contributed by atoms with Gasteiger partial charge in [-0.3, -0.25) is 5.32 Å². The summed E-state index contributed by atoms with van der Waals surface area (Å²) in [7, 11) is 0. The van der Waals surface area contributed by atoms with Crippen LogP contribution < -0.4 is 11.1 Å². The van der Waals surface area contributed by atoms with Gasteiger partial charge in [-0.1, -0.05) is 18.2 Å². The van der Waals surface area contributed by atoms with Crippen molar-refractivity contribution in [3.8, 4) is 0 Å². The first-order valence-corrected chi connectivity index (χ1v) is 5.68. The Morgan fingerprint density at radius 3 is 2.53 bits per heavy atom. The van der Waals surface area contributed by atoms with E-state index in [2.05, 4.69) is 5.32 Å². The van der Waals surface area contributed by atoms with Crippen LogP contribution in [0.15, 0.2) is 48.5 Å². The lowest BCUT2D eigenvalue weighted by Gasteiger charge is -2.07. The van der Waals surface area contributed by atoms with Crippen molar-refractivity contribution in [2.75, 3.05) is 11.1 Å². The Hall–Kier alpha value is -2.56. The second kappa shape index (κ2) is 5.86. The quantitative estimate of drug-likeness (QED) is 0.833. The summed E-state index contributed by atoms with van der Waals surface area (Å²) >= 11 is 0. The average molecular weight is 260 g/mol. The zero-order valence-electron chi connectivity index (χ0n) is 10.1. The molecule has 0 heterocycles. The summed E-state index contributed by atoms with van der Waals surface area (Å²) in [5.41, 5.74) is 7.02. The molecule has 0 saturated heterocycles. The van der Waals surface area contributed by atoms with E-state index >= 15 is 0 Å². The molecule has 0 spiro atoms. The van der Waals surface area contributed by atoms with E-state index in [9.17, 15) is 9.18 Å². The third-order valence-electron chi connectivity index (χ3n) is 2.47. The van der Waals surface area contributed by atoms with Gasteiger partial charge >= 0.3 is 6.09 Å². The number of hydrogen-bond donors (Lipinski definition) is 2. The fourth-order valence-electron chi connectivity index (χ4n) is 1.48. The van der Waals surface area contributed by atoms with Crippen molar-refractivity contribution in [1.29, 1.82) is 0 Å². The maximum absolute atomic E-state index is 13.3. The van der Waals surface area contributed by atoms with Gasteiger partial charge < -0.3 is 10.5 Å². The molecule has 0 bridgehead atoms. The molecule has 0 saturated carbocycles. The van der Waals surface area contributed by atoms with Gasteiger partial charge in [-0.05, 0) is 30.3 Å². The molecule has 0 fully saturated rings. The first-order valence-electron chi connectivity index (χ1n) is 5.68. The Morgan fingerprint density at radius 1 is 1.16 bits per heavy atom. The zero-order valence-corrected chi connectivity index (χ0v) is 10.1. The van der Waals surface area contributed by atoms with E-state index < -0.39 is 11.9 Å². The van der Waals surface area contributed by atoms with Crippen LogP contribution in [0.4, 0.5) is 20.6 Å². The Balaban J connectivity index is 1.88. The Morgan fingerprint density at radius 2 is 1.84 bits per heavy atom. The first-order chi connectivity index (χ1) is 9.15. The van der Waals surface area contributed by atoms with Crippen LogP contribution in [-0.2, 0) is 11.3 Å². The number of amides is 1. The number of carbonyl (C=O) groups is 1. The van der Waals surface area contributed by atoms with E-state index in [0.29, 0.717) is 16.9 Å². The van der Waals surface area contributed by atoms with Gasteiger partial charge in [0.05, 0.1) is 0 Å². The SMILES string of the molecule is Nc1ccc(NC(=O)OCc2ccccc2F)cc1. The molecule has 2 aromatic carbocycles. The average Bonchev–Trinajstić information content (AvgIpc) is 2.40. The van der Waals surface area contributed by atoms with Crippen LogP contribution in [0.3, 0.4) is 0 Å². The number of nitrogen functional groups attached to an aromatic ring is 1. The van der Waals surface area contributed by atoms with Crippen LogP contribution in [0.25, 0.3) is 0 Å². The molecular weight excluding hydrogens is 247 g/mol. The van der Waals surface area contributed by atoms with Crippen molar-refractivity contribution in [1.82, 2.24) is 0 Å². The van der Waals surface area contributed by atoms with Gasteiger partial charge in [0.1, 0.15) is 12.4 Å². The highest BCUT2D eigenvalue weighted by Crippen LogP contribution is 2.12. The molecule has 0 aliphatic carbocycles. The smallest absolute Gasteiger partial charge is 0.411 e. The fraction of sp³-hybridized carbons (Fsp3) is 0.0714. The molecule has 1 amide bonds. The molecule has 0 radical (unpaired) electrons. The number of anilines is 2. The molecule has 2 rings (SSSR count). The number of carbonyl (C=O) groups excluding carboxylic acids is 1. The maximum atomic E-state index is 13.3. The van der Waals surface area contributed by atoms with Crippen molar-refractivity contribution in [3.05, 3.63) is 59.9 Å². The predicted octanol–water partition coefficient (Wildman–Crippen LogP) is 3.16. The van der Waals surface area contributed by atoms with E-state index in [1.54, 1.807) is 42.5 Å². The summed E-state index contributed by atoms with van der Waals surface area (Å²) in [6.07, 6.45) is -0.645. The third kappa shape index (κ3) is 3.70. The Bertz CT molecular complexity index is 570. The van der Waals surface area contributed by atoms with E-state index in [-0.39, 0.29) is 6.61 Å². The van der Waals surface area contributed by atoms with Gasteiger partial charge in [0.25, 0.3) is 0 Å². The van der Waals surface area contributed by atoms with Gasteiger partial charge in [0.15, 0.2) is 0 Å². The van der Waals surface area contributed by atoms with Gasteiger partial charge in [0.2, 0.25) is 0 Å². The first kappa shape index (κ1) is 12.9. The Labute approximate surface area is 110 Å². The van der Waals surface area contributed by atoms with Crippen LogP contribution in [0, 0.1) is 5.82 Å². The molecule has 3 N–H and O–H groups in total. The van der Waals surface area contributed by atoms with Gasteiger partial charge in [-0.2, -0.15) is 0 Å². The maximum Gasteiger partial charge on any atom is 0.411 e. The standard InChI is InChI=1S/C14H13FN2O2/c15-13-4-2-1-3-10(13)9-19-14(18)17-12-7-5-11(16)6-8-12/h1-8H,9,16H2,(H,17,18). The lowest BCUT2D eigenvalue weighted by molar-refractivity contribution is 0.154. The summed E-state index contributed by atoms with van der Waals surface area (Å²) in [4.78, 5) is 11.5. The van der Waals surface area contributed by atoms with Crippen LogP contribution in [0.1, 0.15) is 5.56 Å². The largest absolute Gasteiger partial charge is 0.444 e. The zero-order chi connectivity index (χ0) is 13.7. The lowest BCUT2D eigenvalue weighted by Crippen LogP contribution is -2.13. The highest BCUT2D eigenvalue weighted by atomic mass is 19.1. The molecule has 0 atom stereocenters. The topological polar surface area (TPSA) is 64.3 Å². The summed E-state index contributed by atoms with van der Waals surface area (Å²) in [6.45, 7) is -0.118. The second-order valence-corrected chi connectivity index (χ2v) is 3.91. The second-order valence-electron chi connectivity index (χ2n) is 3.91. The van der Waals surface area contributed by atoms with Crippen LogP contribution >= 0.6 is 0 Å². The monoisotopic (exact) mass is 260 g/mol. The van der Waals surface area contributed by atoms with Crippen LogP contribution in [-0.4, -0.2) is 6.09 Å². The molecule has 19 heavy (non-hydrogen) atoms. The van der Waals surface area contributed by atoms with Crippen molar-refractivity contribution in [2.45, 2.75) is 6.61 Å². The summed E-state index contributed by atoms with van der Waals surface area (Å²) < 4.78 is 18.2. The lowest BCUT2D eigenvalue weighted by atomic mass is 10.2. The number of hydrogen-bond acceptors (Lipinski definition) is 3. The van der Waals surface area contributed by atoms with Gasteiger partial charge in [0, 0.05) is 16.9 Å². The van der Waals surface area contributed by atoms with Crippen molar-refractivity contribution in [3.63, 3.8) is 0 Å². The number of benzene rings is 2. The van der Waals surface area contributed by atoms with Gasteiger partial charge in [-0.25, -0.2) is 9.18 Å². The number of halogens is 1. The van der Waals surface area contributed by atoms with Crippen LogP contribution in [0.5, 0.6) is 0 Å². The summed E-state index contributed by atoms with van der Waals surface area (Å²) in [6, 6.07) is 12.8. The number of nitrogens with two attached hydrogens (primary N) is 1. The van der Waals surface area contributed by atoms with E-state index in [1.807, 2.05) is 0 Å². The molecule has 0 aromatic heterocycles. The molecular formula is C14H13FN2O2.